The molecule has 1 N–H and O–H groups in total. The number of amides is 1. The van der Waals surface area contributed by atoms with E-state index in [1.54, 1.807) is 12.1 Å². The second kappa shape index (κ2) is 6.97. The third kappa shape index (κ3) is 3.71. The van der Waals surface area contributed by atoms with Gasteiger partial charge in [0.25, 0.3) is 5.91 Å². The highest BCUT2D eigenvalue weighted by atomic mass is 32.1. The van der Waals surface area contributed by atoms with Gasteiger partial charge in [-0.15, -0.1) is 11.3 Å². The number of thiophene rings is 1. The third-order valence-electron chi connectivity index (χ3n) is 4.08. The minimum absolute atomic E-state index is 0.106. The van der Waals surface area contributed by atoms with Gasteiger partial charge in [0.2, 0.25) is 0 Å². The number of carbonyl (C=O) groups excluding carboxylic acids is 2. The lowest BCUT2D eigenvalue weighted by atomic mass is 9.90. The van der Waals surface area contributed by atoms with Crippen molar-refractivity contribution in [1.29, 1.82) is 0 Å². The number of hydrogen-bond acceptors (Lipinski definition) is 5. The third-order valence-corrected chi connectivity index (χ3v) is 5.31. The molecule has 1 amide bonds. The van der Waals surface area contributed by atoms with E-state index in [9.17, 15) is 14.7 Å². The summed E-state index contributed by atoms with van der Waals surface area (Å²) in [6.45, 7) is 2.23. The van der Waals surface area contributed by atoms with Crippen LogP contribution in [-0.4, -0.2) is 18.1 Å². The zero-order valence-electron chi connectivity index (χ0n) is 13.2. The van der Waals surface area contributed by atoms with Gasteiger partial charge in [0.05, 0.1) is 17.1 Å². The Morgan fingerprint density at radius 1 is 1.33 bits per heavy atom. The molecule has 1 aliphatic rings. The number of hydrazone groups is 1. The van der Waals surface area contributed by atoms with E-state index in [0.717, 1.165) is 12.8 Å². The van der Waals surface area contributed by atoms with Crippen LogP contribution in [0.25, 0.3) is 0 Å². The van der Waals surface area contributed by atoms with Crippen LogP contribution in [0.4, 0.5) is 0 Å². The molecule has 0 spiro atoms. The largest absolute Gasteiger partial charge is 0.545 e. The number of carboxylic acids is 1. The van der Waals surface area contributed by atoms with Crippen molar-refractivity contribution in [2.75, 3.05) is 0 Å². The Balaban J connectivity index is 1.62. The molecule has 1 aromatic carbocycles. The fraction of sp³-hybridized carbons (Fsp3) is 0.278. The van der Waals surface area contributed by atoms with E-state index in [2.05, 4.69) is 17.5 Å². The van der Waals surface area contributed by atoms with Gasteiger partial charge >= 0.3 is 0 Å². The number of nitrogens with one attached hydrogen (secondary N) is 1. The maximum atomic E-state index is 12.2. The fourth-order valence-electron chi connectivity index (χ4n) is 2.74. The van der Waals surface area contributed by atoms with Gasteiger partial charge in [-0.1, -0.05) is 31.2 Å². The van der Waals surface area contributed by atoms with E-state index in [1.165, 1.54) is 46.5 Å². The summed E-state index contributed by atoms with van der Waals surface area (Å²) in [5.41, 5.74) is 4.60. The van der Waals surface area contributed by atoms with Gasteiger partial charge in [0.15, 0.2) is 0 Å². The number of carboxylic acid groups (broad SMARTS) is 1. The zero-order valence-corrected chi connectivity index (χ0v) is 14.1. The monoisotopic (exact) mass is 341 g/mol. The molecule has 6 heteroatoms. The van der Waals surface area contributed by atoms with Gasteiger partial charge in [-0.05, 0) is 47.9 Å². The van der Waals surface area contributed by atoms with Crippen LogP contribution in [0, 0.1) is 5.92 Å². The summed E-state index contributed by atoms with van der Waals surface area (Å²) in [5, 5.41) is 14.6. The molecule has 0 aliphatic heterocycles. The molecule has 1 aromatic heterocycles. The summed E-state index contributed by atoms with van der Waals surface area (Å²) in [5.74, 6) is -0.766. The molecule has 3 rings (SSSR count). The quantitative estimate of drug-likeness (QED) is 0.682. The maximum Gasteiger partial charge on any atom is 0.281 e. The smallest absolute Gasteiger partial charge is 0.281 e. The predicted molar refractivity (Wildman–Crippen MR) is 91.3 cm³/mol. The number of aryl methyl sites for hydroxylation is 1. The number of carbonyl (C=O) groups is 2. The molecule has 1 atom stereocenters. The molecule has 24 heavy (non-hydrogen) atoms. The average Bonchev–Trinajstić information content (AvgIpc) is 2.98. The van der Waals surface area contributed by atoms with Crippen molar-refractivity contribution in [2.45, 2.75) is 26.2 Å². The van der Waals surface area contributed by atoms with Gasteiger partial charge in [-0.3, -0.25) is 4.79 Å². The lowest BCUT2D eigenvalue weighted by Gasteiger charge is -2.16. The van der Waals surface area contributed by atoms with Crippen LogP contribution >= 0.6 is 11.3 Å². The molecule has 2 aromatic rings. The van der Waals surface area contributed by atoms with Gasteiger partial charge in [0, 0.05) is 4.88 Å². The van der Waals surface area contributed by atoms with Crippen LogP contribution in [0.15, 0.2) is 35.4 Å². The first-order valence-corrected chi connectivity index (χ1v) is 8.61. The molecule has 5 nitrogen and oxygen atoms in total. The molecular weight excluding hydrogens is 324 g/mol. The summed E-state index contributed by atoms with van der Waals surface area (Å²) in [6.07, 6.45) is 4.73. The minimum Gasteiger partial charge on any atom is -0.545 e. The maximum absolute atomic E-state index is 12.2. The molecule has 0 saturated carbocycles. The second-order valence-electron chi connectivity index (χ2n) is 6.02. The Morgan fingerprint density at radius 2 is 2.08 bits per heavy atom. The van der Waals surface area contributed by atoms with Crippen LogP contribution in [0.3, 0.4) is 0 Å². The summed E-state index contributed by atoms with van der Waals surface area (Å²) in [6, 6.07) is 8.05. The summed E-state index contributed by atoms with van der Waals surface area (Å²) in [7, 11) is 0. The van der Waals surface area contributed by atoms with E-state index >= 15 is 0 Å². The number of hydrogen-bond donors (Lipinski definition) is 1. The second-order valence-corrected chi connectivity index (χ2v) is 7.15. The van der Waals surface area contributed by atoms with E-state index < -0.39 is 5.97 Å². The molecule has 0 fully saturated rings. The van der Waals surface area contributed by atoms with Crippen molar-refractivity contribution < 1.29 is 14.7 Å². The van der Waals surface area contributed by atoms with E-state index in [-0.39, 0.29) is 11.5 Å². The number of rotatable bonds is 4. The minimum atomic E-state index is -1.22. The Kier molecular flexibility index (Phi) is 4.76. The molecule has 1 aliphatic carbocycles. The highest BCUT2D eigenvalue weighted by molar-refractivity contribution is 7.14. The van der Waals surface area contributed by atoms with E-state index in [1.807, 2.05) is 6.07 Å². The molecular formula is C18H17N2O3S-. The van der Waals surface area contributed by atoms with Crippen LogP contribution in [0.2, 0.25) is 0 Å². The van der Waals surface area contributed by atoms with Gasteiger partial charge < -0.3 is 9.90 Å². The number of nitrogens with zero attached hydrogens (tertiary/aromatic N) is 1. The average molecular weight is 341 g/mol. The van der Waals surface area contributed by atoms with Crippen molar-refractivity contribution >= 4 is 29.4 Å². The first-order valence-electron chi connectivity index (χ1n) is 7.79. The van der Waals surface area contributed by atoms with Crippen molar-refractivity contribution in [1.82, 2.24) is 5.43 Å². The van der Waals surface area contributed by atoms with Crippen LogP contribution in [0.5, 0.6) is 0 Å². The fourth-order valence-corrected chi connectivity index (χ4v) is 3.84. The Hall–Kier alpha value is -2.47. The van der Waals surface area contributed by atoms with Crippen molar-refractivity contribution in [3.05, 3.63) is 56.8 Å². The van der Waals surface area contributed by atoms with E-state index in [4.69, 9.17) is 0 Å². The number of fused-ring (bicyclic) bond motifs is 1. The highest BCUT2D eigenvalue weighted by Crippen LogP contribution is 2.32. The molecule has 0 saturated heterocycles. The summed E-state index contributed by atoms with van der Waals surface area (Å²) in [4.78, 5) is 24.8. The molecule has 0 radical (unpaired) electrons. The number of benzene rings is 1. The van der Waals surface area contributed by atoms with Crippen LogP contribution < -0.4 is 10.5 Å². The molecule has 0 bridgehead atoms. The molecule has 124 valence electrons. The van der Waals surface area contributed by atoms with Gasteiger partial charge in [-0.25, -0.2) is 5.43 Å². The van der Waals surface area contributed by atoms with E-state index in [0.29, 0.717) is 16.4 Å². The Labute approximate surface area is 144 Å². The first-order chi connectivity index (χ1) is 11.5. The van der Waals surface area contributed by atoms with Crippen molar-refractivity contribution in [3.63, 3.8) is 0 Å². The van der Waals surface area contributed by atoms with Crippen LogP contribution in [-0.2, 0) is 12.8 Å². The van der Waals surface area contributed by atoms with Crippen molar-refractivity contribution in [3.8, 4) is 0 Å². The normalized spacial score (nSPS) is 16.8. The summed E-state index contributed by atoms with van der Waals surface area (Å²) < 4.78 is 0. The predicted octanol–water partition coefficient (Wildman–Crippen LogP) is 2.00. The first kappa shape index (κ1) is 16.4. The topological polar surface area (TPSA) is 81.6 Å². The summed E-state index contributed by atoms with van der Waals surface area (Å²) >= 11 is 1.54. The lowest BCUT2D eigenvalue weighted by molar-refractivity contribution is -0.255. The SMILES string of the molecule is C[C@H]1CCc2sc(C(=O)N/N=C\c3ccc(C(=O)[O-])cc3)cc2C1. The highest BCUT2D eigenvalue weighted by Gasteiger charge is 2.20. The lowest BCUT2D eigenvalue weighted by Crippen LogP contribution is -2.22. The standard InChI is InChI=1S/C18H18N2O3S/c1-11-2-7-15-14(8-11)9-16(24-15)17(21)20-19-10-12-3-5-13(6-4-12)18(22)23/h3-6,9-11H,2,7-8H2,1H3,(H,20,21)(H,22,23)/p-1/b19-10-/t11-/m0/s1. The Morgan fingerprint density at radius 3 is 2.79 bits per heavy atom. The Bertz CT molecular complexity index is 793. The molecule has 0 unspecified atom stereocenters. The van der Waals surface area contributed by atoms with Crippen molar-refractivity contribution in [2.24, 2.45) is 11.0 Å². The van der Waals surface area contributed by atoms with Gasteiger partial charge in [-0.2, -0.15) is 5.10 Å². The number of aromatic carboxylic acids is 1. The van der Waals surface area contributed by atoms with Crippen LogP contribution in [0.1, 0.15) is 49.4 Å². The van der Waals surface area contributed by atoms with Gasteiger partial charge in [0.1, 0.15) is 0 Å². The molecule has 1 heterocycles. The zero-order chi connectivity index (χ0) is 17.1.